The summed E-state index contributed by atoms with van der Waals surface area (Å²) in [5, 5.41) is 6.60. The van der Waals surface area contributed by atoms with Crippen molar-refractivity contribution in [1.82, 2.24) is 10.6 Å². The minimum absolute atomic E-state index is 0.00116. The zero-order valence-corrected chi connectivity index (χ0v) is 12.1. The van der Waals surface area contributed by atoms with E-state index >= 15 is 0 Å². The van der Waals surface area contributed by atoms with Crippen molar-refractivity contribution in [2.24, 2.45) is 0 Å². The zero-order chi connectivity index (χ0) is 13.8. The number of furan rings is 1. The third-order valence-electron chi connectivity index (χ3n) is 3.84. The highest BCUT2D eigenvalue weighted by Crippen LogP contribution is 2.20. The molecule has 0 atom stereocenters. The van der Waals surface area contributed by atoms with E-state index in [2.05, 4.69) is 17.6 Å². The molecule has 0 radical (unpaired) electrons. The van der Waals surface area contributed by atoms with Crippen LogP contribution < -0.4 is 10.6 Å². The van der Waals surface area contributed by atoms with Crippen molar-refractivity contribution < 1.29 is 9.21 Å². The number of hydrogen-bond donors (Lipinski definition) is 2. The lowest BCUT2D eigenvalue weighted by atomic mass is 9.91. The highest BCUT2D eigenvalue weighted by atomic mass is 16.3. The largest absolute Gasteiger partial charge is 0.466 e. The number of carbonyl (C=O) groups is 1. The molecule has 0 aliphatic heterocycles. The molecular formula is C15H24N2O2. The van der Waals surface area contributed by atoms with Crippen molar-refractivity contribution in [3.8, 4) is 0 Å². The summed E-state index contributed by atoms with van der Waals surface area (Å²) in [5.74, 6) is 1.50. The van der Waals surface area contributed by atoms with Crippen LogP contribution in [0.2, 0.25) is 0 Å². The zero-order valence-electron chi connectivity index (χ0n) is 12.1. The monoisotopic (exact) mass is 264 g/mol. The standard InChI is InChI=1S/C15H24N2O2/c1-4-16-12-5-7-13(8-6-12)17-15(18)14-9-10(2)19-11(14)3/h9,12-13,16H,4-8H2,1-3H3,(H,17,18). The van der Waals surface area contributed by atoms with E-state index in [1.165, 1.54) is 0 Å². The molecule has 106 valence electrons. The fourth-order valence-electron chi connectivity index (χ4n) is 2.85. The summed E-state index contributed by atoms with van der Waals surface area (Å²) in [6.45, 7) is 6.86. The number of carbonyl (C=O) groups excluding carboxylic acids is 1. The molecule has 1 fully saturated rings. The summed E-state index contributed by atoms with van der Waals surface area (Å²) in [6.07, 6.45) is 4.39. The molecule has 0 saturated heterocycles. The number of rotatable bonds is 4. The summed E-state index contributed by atoms with van der Waals surface area (Å²) in [4.78, 5) is 12.2. The Kier molecular flexibility index (Phi) is 4.64. The Morgan fingerprint density at radius 3 is 2.42 bits per heavy atom. The van der Waals surface area contributed by atoms with Crippen LogP contribution in [0.25, 0.3) is 0 Å². The minimum Gasteiger partial charge on any atom is -0.466 e. The fourth-order valence-corrected chi connectivity index (χ4v) is 2.85. The Morgan fingerprint density at radius 2 is 1.89 bits per heavy atom. The van der Waals surface area contributed by atoms with Gasteiger partial charge in [-0.15, -0.1) is 0 Å². The van der Waals surface area contributed by atoms with Gasteiger partial charge in [-0.1, -0.05) is 6.92 Å². The Balaban J connectivity index is 1.85. The van der Waals surface area contributed by atoms with E-state index in [-0.39, 0.29) is 5.91 Å². The smallest absolute Gasteiger partial charge is 0.255 e. The predicted molar refractivity (Wildman–Crippen MR) is 75.4 cm³/mol. The first-order valence-corrected chi connectivity index (χ1v) is 7.21. The molecule has 0 spiro atoms. The van der Waals surface area contributed by atoms with Crippen LogP contribution >= 0.6 is 0 Å². The van der Waals surface area contributed by atoms with Gasteiger partial charge in [0.25, 0.3) is 5.91 Å². The second-order valence-corrected chi connectivity index (χ2v) is 5.41. The van der Waals surface area contributed by atoms with Gasteiger partial charge < -0.3 is 15.1 Å². The van der Waals surface area contributed by atoms with Gasteiger partial charge in [0.15, 0.2) is 0 Å². The van der Waals surface area contributed by atoms with Gasteiger partial charge >= 0.3 is 0 Å². The van der Waals surface area contributed by atoms with Gasteiger partial charge in [0.2, 0.25) is 0 Å². The van der Waals surface area contributed by atoms with Crippen LogP contribution in [-0.2, 0) is 0 Å². The average molecular weight is 264 g/mol. The molecule has 19 heavy (non-hydrogen) atoms. The summed E-state index contributed by atoms with van der Waals surface area (Å²) >= 11 is 0. The van der Waals surface area contributed by atoms with Crippen molar-refractivity contribution in [2.45, 2.75) is 58.5 Å². The predicted octanol–water partition coefficient (Wildman–Crippen LogP) is 2.55. The minimum atomic E-state index is 0.00116. The Labute approximate surface area is 114 Å². The third-order valence-corrected chi connectivity index (χ3v) is 3.84. The van der Waals surface area contributed by atoms with Crippen LogP contribution in [0.1, 0.15) is 54.5 Å². The molecule has 4 heteroatoms. The van der Waals surface area contributed by atoms with Crippen LogP contribution in [0.3, 0.4) is 0 Å². The van der Waals surface area contributed by atoms with E-state index in [1.807, 2.05) is 19.9 Å². The second kappa shape index (κ2) is 6.24. The van der Waals surface area contributed by atoms with Crippen LogP contribution in [0.5, 0.6) is 0 Å². The number of nitrogens with one attached hydrogen (secondary N) is 2. The third kappa shape index (κ3) is 3.60. The van der Waals surface area contributed by atoms with E-state index < -0.39 is 0 Å². The quantitative estimate of drug-likeness (QED) is 0.878. The normalized spacial score (nSPS) is 23.3. The summed E-state index contributed by atoms with van der Waals surface area (Å²) in [5.41, 5.74) is 0.673. The lowest BCUT2D eigenvalue weighted by Crippen LogP contribution is -2.42. The van der Waals surface area contributed by atoms with E-state index in [1.54, 1.807) is 0 Å². The lowest BCUT2D eigenvalue weighted by molar-refractivity contribution is 0.0923. The van der Waals surface area contributed by atoms with Crippen LogP contribution in [-0.4, -0.2) is 24.5 Å². The summed E-state index contributed by atoms with van der Waals surface area (Å²) in [7, 11) is 0. The second-order valence-electron chi connectivity index (χ2n) is 5.41. The molecule has 1 aliphatic rings. The van der Waals surface area contributed by atoms with Crippen molar-refractivity contribution in [2.75, 3.05) is 6.54 Å². The Bertz CT molecular complexity index is 431. The van der Waals surface area contributed by atoms with Gasteiger partial charge in [0.1, 0.15) is 11.5 Å². The summed E-state index contributed by atoms with van der Waals surface area (Å²) < 4.78 is 5.40. The molecule has 0 aromatic carbocycles. The van der Waals surface area contributed by atoms with Crippen LogP contribution in [0, 0.1) is 13.8 Å². The van der Waals surface area contributed by atoms with Gasteiger partial charge in [0.05, 0.1) is 5.56 Å². The molecule has 1 amide bonds. The molecule has 1 saturated carbocycles. The molecule has 2 N–H and O–H groups in total. The van der Waals surface area contributed by atoms with Crippen molar-refractivity contribution in [1.29, 1.82) is 0 Å². The number of amides is 1. The Hall–Kier alpha value is -1.29. The molecule has 2 rings (SSSR count). The molecule has 1 aromatic rings. The SMILES string of the molecule is CCNC1CCC(NC(=O)c2cc(C)oc2C)CC1. The van der Waals surface area contributed by atoms with Gasteiger partial charge in [0, 0.05) is 12.1 Å². The van der Waals surface area contributed by atoms with Gasteiger partial charge in [-0.3, -0.25) is 4.79 Å². The highest BCUT2D eigenvalue weighted by Gasteiger charge is 2.23. The number of hydrogen-bond acceptors (Lipinski definition) is 3. The topological polar surface area (TPSA) is 54.3 Å². The highest BCUT2D eigenvalue weighted by molar-refractivity contribution is 5.95. The molecule has 0 bridgehead atoms. The maximum atomic E-state index is 12.2. The van der Waals surface area contributed by atoms with Crippen molar-refractivity contribution in [3.05, 3.63) is 23.2 Å². The van der Waals surface area contributed by atoms with Gasteiger partial charge in [-0.05, 0) is 52.1 Å². The molecule has 1 aliphatic carbocycles. The van der Waals surface area contributed by atoms with Crippen molar-refractivity contribution in [3.63, 3.8) is 0 Å². The van der Waals surface area contributed by atoms with E-state index in [0.29, 0.717) is 23.4 Å². The lowest BCUT2D eigenvalue weighted by Gasteiger charge is -2.29. The molecule has 1 heterocycles. The molecular weight excluding hydrogens is 240 g/mol. The van der Waals surface area contributed by atoms with Crippen molar-refractivity contribution >= 4 is 5.91 Å². The first-order valence-electron chi connectivity index (χ1n) is 7.21. The maximum Gasteiger partial charge on any atom is 0.255 e. The van der Waals surface area contributed by atoms with E-state index in [0.717, 1.165) is 38.0 Å². The van der Waals surface area contributed by atoms with Crippen LogP contribution in [0.15, 0.2) is 10.5 Å². The van der Waals surface area contributed by atoms with Crippen LogP contribution in [0.4, 0.5) is 0 Å². The van der Waals surface area contributed by atoms with Gasteiger partial charge in [-0.25, -0.2) is 0 Å². The maximum absolute atomic E-state index is 12.2. The average Bonchev–Trinajstić information content (AvgIpc) is 2.71. The fraction of sp³-hybridized carbons (Fsp3) is 0.667. The number of aryl methyl sites for hydroxylation is 2. The summed E-state index contributed by atoms with van der Waals surface area (Å²) in [6, 6.07) is 2.74. The van der Waals surface area contributed by atoms with Gasteiger partial charge in [-0.2, -0.15) is 0 Å². The first kappa shape index (κ1) is 14.1. The molecule has 4 nitrogen and oxygen atoms in total. The Morgan fingerprint density at radius 1 is 1.26 bits per heavy atom. The first-order chi connectivity index (χ1) is 9.10. The van der Waals surface area contributed by atoms with E-state index in [9.17, 15) is 4.79 Å². The van der Waals surface area contributed by atoms with E-state index in [4.69, 9.17) is 4.42 Å². The molecule has 0 unspecified atom stereocenters. The molecule has 1 aromatic heterocycles.